The number of anilines is 2. The van der Waals surface area contributed by atoms with E-state index >= 15 is 0 Å². The zero-order valence-electron chi connectivity index (χ0n) is 13.6. The number of morpholine rings is 1. The van der Waals surface area contributed by atoms with Crippen molar-refractivity contribution in [2.45, 2.75) is 0 Å². The zero-order valence-corrected chi connectivity index (χ0v) is 13.6. The maximum Gasteiger partial charge on any atom is 0.275 e. The predicted molar refractivity (Wildman–Crippen MR) is 94.8 cm³/mol. The van der Waals surface area contributed by atoms with Crippen molar-refractivity contribution in [1.82, 2.24) is 15.0 Å². The van der Waals surface area contributed by atoms with E-state index in [1.165, 1.54) is 6.20 Å². The molecule has 0 radical (unpaired) electrons. The van der Waals surface area contributed by atoms with E-state index in [1.54, 1.807) is 6.20 Å². The third kappa shape index (κ3) is 3.41. The van der Waals surface area contributed by atoms with Crippen LogP contribution < -0.4 is 10.2 Å². The van der Waals surface area contributed by atoms with Crippen LogP contribution in [0.3, 0.4) is 0 Å². The van der Waals surface area contributed by atoms with Gasteiger partial charge in [-0.25, -0.2) is 9.97 Å². The van der Waals surface area contributed by atoms with E-state index in [0.717, 1.165) is 24.4 Å². The smallest absolute Gasteiger partial charge is 0.275 e. The number of fused-ring (bicyclic) bond motifs is 1. The molecular weight excluding hydrogens is 318 g/mol. The average Bonchev–Trinajstić information content (AvgIpc) is 2.69. The van der Waals surface area contributed by atoms with Gasteiger partial charge in [0.2, 0.25) is 0 Å². The number of nitrogens with zero attached hydrogens (tertiary/aromatic N) is 4. The molecule has 1 N–H and O–H groups in total. The lowest BCUT2D eigenvalue weighted by molar-refractivity contribution is 0.102. The van der Waals surface area contributed by atoms with Gasteiger partial charge in [0, 0.05) is 13.1 Å². The number of carbonyl (C=O) groups is 1. The van der Waals surface area contributed by atoms with E-state index in [4.69, 9.17) is 4.74 Å². The summed E-state index contributed by atoms with van der Waals surface area (Å²) in [5, 5.41) is 2.81. The molecule has 2 aromatic heterocycles. The molecule has 7 heteroatoms. The molecule has 1 aromatic carbocycles. The predicted octanol–water partition coefficient (Wildman–Crippen LogP) is 2.11. The molecule has 1 aliphatic heterocycles. The molecule has 3 aromatic rings. The van der Waals surface area contributed by atoms with Crippen LogP contribution in [-0.2, 0) is 4.74 Å². The Balaban J connectivity index is 1.47. The Morgan fingerprint density at radius 1 is 1.00 bits per heavy atom. The Kier molecular flexibility index (Phi) is 4.22. The fraction of sp³-hybridized carbons (Fsp3) is 0.222. The second-order valence-electron chi connectivity index (χ2n) is 5.70. The molecule has 1 saturated heterocycles. The first-order chi connectivity index (χ1) is 12.3. The average molecular weight is 335 g/mol. The summed E-state index contributed by atoms with van der Waals surface area (Å²) in [5.41, 5.74) is 2.35. The van der Waals surface area contributed by atoms with Crippen LogP contribution in [0.5, 0.6) is 0 Å². The maximum atomic E-state index is 12.4. The Bertz CT molecular complexity index is 891. The summed E-state index contributed by atoms with van der Waals surface area (Å²) in [7, 11) is 0. The van der Waals surface area contributed by atoms with Crippen LogP contribution in [0.1, 0.15) is 10.5 Å². The molecule has 0 spiro atoms. The van der Waals surface area contributed by atoms with Gasteiger partial charge in [-0.15, -0.1) is 0 Å². The zero-order chi connectivity index (χ0) is 17.1. The van der Waals surface area contributed by atoms with Crippen molar-refractivity contribution in [2.24, 2.45) is 0 Å². The maximum absolute atomic E-state index is 12.4. The number of para-hydroxylation sites is 2. The SMILES string of the molecule is O=C(Nc1ccc(N2CCOCC2)nc1)c1cnc2ccccc2n1. The van der Waals surface area contributed by atoms with E-state index in [0.29, 0.717) is 24.4 Å². The third-order valence-electron chi connectivity index (χ3n) is 4.02. The van der Waals surface area contributed by atoms with Crippen LogP contribution in [0, 0.1) is 0 Å². The summed E-state index contributed by atoms with van der Waals surface area (Å²) < 4.78 is 5.34. The number of carbonyl (C=O) groups excluding carboxylic acids is 1. The van der Waals surface area contributed by atoms with Gasteiger partial charge in [0.15, 0.2) is 0 Å². The Hall–Kier alpha value is -3.06. The second-order valence-corrected chi connectivity index (χ2v) is 5.70. The lowest BCUT2D eigenvalue weighted by Crippen LogP contribution is -2.36. The topological polar surface area (TPSA) is 80.2 Å². The molecule has 0 aliphatic carbocycles. The Morgan fingerprint density at radius 2 is 1.80 bits per heavy atom. The standard InChI is InChI=1S/C18H17N5O2/c24-18(16-12-19-14-3-1-2-4-15(14)22-16)21-13-5-6-17(20-11-13)23-7-9-25-10-8-23/h1-6,11-12H,7-10H2,(H,21,24). The molecule has 1 fully saturated rings. The molecule has 0 saturated carbocycles. The summed E-state index contributed by atoms with van der Waals surface area (Å²) in [4.78, 5) is 27.6. The monoisotopic (exact) mass is 335 g/mol. The molecule has 126 valence electrons. The van der Waals surface area contributed by atoms with Crippen LogP contribution in [0.15, 0.2) is 48.8 Å². The number of nitrogens with one attached hydrogen (secondary N) is 1. The van der Waals surface area contributed by atoms with Crippen molar-refractivity contribution in [3.05, 3.63) is 54.5 Å². The van der Waals surface area contributed by atoms with Gasteiger partial charge < -0.3 is 15.0 Å². The first-order valence-electron chi connectivity index (χ1n) is 8.11. The molecule has 1 amide bonds. The lowest BCUT2D eigenvalue weighted by atomic mass is 10.3. The van der Waals surface area contributed by atoms with Gasteiger partial charge in [0.1, 0.15) is 11.5 Å². The van der Waals surface area contributed by atoms with Gasteiger partial charge in [-0.3, -0.25) is 9.78 Å². The van der Waals surface area contributed by atoms with Crippen LogP contribution in [0.25, 0.3) is 11.0 Å². The third-order valence-corrected chi connectivity index (χ3v) is 4.02. The number of ether oxygens (including phenoxy) is 1. The van der Waals surface area contributed by atoms with Crippen molar-refractivity contribution in [3.8, 4) is 0 Å². The number of hydrogen-bond acceptors (Lipinski definition) is 6. The Labute approximate surface area is 144 Å². The van der Waals surface area contributed by atoms with Crippen molar-refractivity contribution in [2.75, 3.05) is 36.5 Å². The van der Waals surface area contributed by atoms with Crippen molar-refractivity contribution in [3.63, 3.8) is 0 Å². The molecule has 1 aliphatic rings. The number of benzene rings is 1. The van der Waals surface area contributed by atoms with Crippen molar-refractivity contribution >= 4 is 28.4 Å². The minimum absolute atomic E-state index is 0.274. The van der Waals surface area contributed by atoms with Crippen LogP contribution in [-0.4, -0.2) is 47.2 Å². The molecule has 0 bridgehead atoms. The van der Waals surface area contributed by atoms with Crippen molar-refractivity contribution < 1.29 is 9.53 Å². The van der Waals surface area contributed by atoms with Gasteiger partial charge in [-0.2, -0.15) is 0 Å². The summed E-state index contributed by atoms with van der Waals surface area (Å²) in [5.74, 6) is 0.575. The Morgan fingerprint density at radius 3 is 2.56 bits per heavy atom. The highest BCUT2D eigenvalue weighted by atomic mass is 16.5. The van der Waals surface area contributed by atoms with E-state index in [1.807, 2.05) is 36.4 Å². The van der Waals surface area contributed by atoms with Gasteiger partial charge in [0.25, 0.3) is 5.91 Å². The van der Waals surface area contributed by atoms with E-state index in [-0.39, 0.29) is 11.6 Å². The largest absolute Gasteiger partial charge is 0.378 e. The molecule has 4 rings (SSSR count). The molecule has 3 heterocycles. The number of aromatic nitrogens is 3. The van der Waals surface area contributed by atoms with E-state index in [9.17, 15) is 4.79 Å². The molecule has 0 atom stereocenters. The summed E-state index contributed by atoms with van der Waals surface area (Å²) in [6, 6.07) is 11.2. The minimum Gasteiger partial charge on any atom is -0.378 e. The fourth-order valence-electron chi connectivity index (χ4n) is 2.70. The van der Waals surface area contributed by atoms with Gasteiger partial charge in [0.05, 0.1) is 42.3 Å². The summed E-state index contributed by atoms with van der Waals surface area (Å²) in [6.07, 6.45) is 3.13. The van der Waals surface area contributed by atoms with Crippen LogP contribution in [0.4, 0.5) is 11.5 Å². The number of rotatable bonds is 3. The van der Waals surface area contributed by atoms with Gasteiger partial charge in [-0.1, -0.05) is 12.1 Å². The number of pyridine rings is 1. The normalized spacial score (nSPS) is 14.5. The molecule has 7 nitrogen and oxygen atoms in total. The van der Waals surface area contributed by atoms with Crippen LogP contribution in [0.2, 0.25) is 0 Å². The highest BCUT2D eigenvalue weighted by Crippen LogP contribution is 2.16. The van der Waals surface area contributed by atoms with Gasteiger partial charge >= 0.3 is 0 Å². The minimum atomic E-state index is -0.306. The fourth-order valence-corrected chi connectivity index (χ4v) is 2.70. The van der Waals surface area contributed by atoms with Crippen LogP contribution >= 0.6 is 0 Å². The summed E-state index contributed by atoms with van der Waals surface area (Å²) >= 11 is 0. The summed E-state index contributed by atoms with van der Waals surface area (Å²) in [6.45, 7) is 3.07. The molecule has 25 heavy (non-hydrogen) atoms. The van der Waals surface area contributed by atoms with E-state index < -0.39 is 0 Å². The van der Waals surface area contributed by atoms with Crippen molar-refractivity contribution in [1.29, 1.82) is 0 Å². The lowest BCUT2D eigenvalue weighted by Gasteiger charge is -2.27. The first-order valence-corrected chi connectivity index (χ1v) is 8.11. The van der Waals surface area contributed by atoms with E-state index in [2.05, 4.69) is 25.2 Å². The quantitative estimate of drug-likeness (QED) is 0.790. The number of amides is 1. The number of hydrogen-bond donors (Lipinski definition) is 1. The highest BCUT2D eigenvalue weighted by Gasteiger charge is 2.13. The van der Waals surface area contributed by atoms with Gasteiger partial charge in [-0.05, 0) is 24.3 Å². The molecular formula is C18H17N5O2. The molecule has 0 unspecified atom stereocenters. The second kappa shape index (κ2) is 6.82. The first kappa shape index (κ1) is 15.5. The highest BCUT2D eigenvalue weighted by molar-refractivity contribution is 6.03.